The average molecular weight is 417 g/mol. The van der Waals surface area contributed by atoms with Crippen molar-refractivity contribution in [3.8, 4) is 11.5 Å². The third kappa shape index (κ3) is 5.70. The second-order valence-corrected chi connectivity index (χ2v) is 6.66. The smallest absolute Gasteiger partial charge is 0.344 e. The molecule has 7 heteroatoms. The number of carbonyl (C=O) groups is 1. The minimum Gasteiger partial charge on any atom is -0.487 e. The van der Waals surface area contributed by atoms with Crippen LogP contribution in [0.25, 0.3) is 11.0 Å². The number of carbonyl (C=O) groups excluding carboxylic acids is 1. The van der Waals surface area contributed by atoms with Gasteiger partial charge in [-0.1, -0.05) is 18.2 Å². The van der Waals surface area contributed by atoms with Crippen LogP contribution >= 0.6 is 0 Å². The van der Waals surface area contributed by atoms with Gasteiger partial charge in [-0.15, -0.1) is 0 Å². The average Bonchev–Trinajstić information content (AvgIpc) is 2.81. The Morgan fingerprint density at radius 2 is 1.68 bits per heavy atom. The minimum atomic E-state index is -0.509. The lowest BCUT2D eigenvalue weighted by atomic mass is 10.2. The van der Waals surface area contributed by atoms with Crippen molar-refractivity contribution in [2.24, 2.45) is 0 Å². The molecule has 31 heavy (non-hydrogen) atoms. The summed E-state index contributed by atoms with van der Waals surface area (Å²) in [5.74, 6) is 0.602. The van der Waals surface area contributed by atoms with E-state index >= 15 is 0 Å². The molecular formula is C24H19NO6. The predicted octanol–water partition coefficient (Wildman–Crippen LogP) is 3.89. The zero-order chi connectivity index (χ0) is 21.5. The number of esters is 1. The molecule has 0 aliphatic rings. The van der Waals surface area contributed by atoms with Crippen LogP contribution in [0.3, 0.4) is 0 Å². The highest BCUT2D eigenvalue weighted by Crippen LogP contribution is 2.19. The van der Waals surface area contributed by atoms with Crippen molar-refractivity contribution in [1.82, 2.24) is 4.98 Å². The SMILES string of the molecule is O=C(COc1ccc2ccc(=O)oc2c1)OCc1ccc(OCc2ccccn2)cc1. The number of nitrogens with zero attached hydrogens (tertiary/aromatic N) is 1. The Balaban J connectivity index is 1.23. The maximum absolute atomic E-state index is 12.0. The van der Waals surface area contributed by atoms with E-state index in [0.717, 1.165) is 16.6 Å². The fourth-order valence-electron chi connectivity index (χ4n) is 2.80. The van der Waals surface area contributed by atoms with Gasteiger partial charge in [-0.25, -0.2) is 9.59 Å². The van der Waals surface area contributed by atoms with Gasteiger partial charge in [0.05, 0.1) is 5.69 Å². The summed E-state index contributed by atoms with van der Waals surface area (Å²) in [5, 5.41) is 0.766. The van der Waals surface area contributed by atoms with Crippen molar-refractivity contribution in [3.05, 3.63) is 101 Å². The molecule has 0 atom stereocenters. The summed E-state index contributed by atoms with van der Waals surface area (Å²) < 4.78 is 21.5. The van der Waals surface area contributed by atoms with Gasteiger partial charge in [0.25, 0.3) is 0 Å². The van der Waals surface area contributed by atoms with Crippen LogP contribution < -0.4 is 15.1 Å². The van der Waals surface area contributed by atoms with Crippen LogP contribution in [-0.2, 0) is 22.7 Å². The van der Waals surface area contributed by atoms with Crippen molar-refractivity contribution < 1.29 is 23.4 Å². The molecule has 0 aliphatic carbocycles. The molecule has 0 saturated heterocycles. The van der Waals surface area contributed by atoms with Gasteiger partial charge in [-0.3, -0.25) is 4.98 Å². The summed E-state index contributed by atoms with van der Waals surface area (Å²) >= 11 is 0. The molecule has 0 fully saturated rings. The van der Waals surface area contributed by atoms with Crippen LogP contribution in [0.4, 0.5) is 0 Å². The molecule has 0 spiro atoms. The highest BCUT2D eigenvalue weighted by Gasteiger charge is 2.07. The number of hydrogen-bond donors (Lipinski definition) is 0. The van der Waals surface area contributed by atoms with E-state index in [1.807, 2.05) is 42.5 Å². The van der Waals surface area contributed by atoms with Gasteiger partial charge in [-0.2, -0.15) is 0 Å². The van der Waals surface area contributed by atoms with E-state index in [0.29, 0.717) is 23.7 Å². The molecule has 4 rings (SSSR count). The second-order valence-electron chi connectivity index (χ2n) is 6.66. The summed E-state index contributed by atoms with van der Waals surface area (Å²) in [5.41, 5.74) is 1.61. The Labute approximate surface area is 177 Å². The molecule has 2 aromatic carbocycles. The number of hydrogen-bond acceptors (Lipinski definition) is 7. The first-order valence-corrected chi connectivity index (χ1v) is 9.60. The number of aromatic nitrogens is 1. The Morgan fingerprint density at radius 3 is 2.48 bits per heavy atom. The Morgan fingerprint density at radius 1 is 0.871 bits per heavy atom. The third-order valence-electron chi connectivity index (χ3n) is 4.39. The van der Waals surface area contributed by atoms with Crippen LogP contribution in [0.2, 0.25) is 0 Å². The van der Waals surface area contributed by atoms with Crippen LogP contribution in [0.5, 0.6) is 11.5 Å². The first kappa shape index (κ1) is 20.2. The zero-order valence-corrected chi connectivity index (χ0v) is 16.5. The van der Waals surface area contributed by atoms with Crippen molar-refractivity contribution in [2.75, 3.05) is 6.61 Å². The number of fused-ring (bicyclic) bond motifs is 1. The second kappa shape index (κ2) is 9.58. The van der Waals surface area contributed by atoms with Crippen LogP contribution in [0.15, 0.2) is 88.2 Å². The maximum Gasteiger partial charge on any atom is 0.344 e. The van der Waals surface area contributed by atoms with E-state index < -0.39 is 11.6 Å². The molecular weight excluding hydrogens is 398 g/mol. The molecule has 0 bridgehead atoms. The summed E-state index contributed by atoms with van der Waals surface area (Å²) in [7, 11) is 0. The molecule has 0 saturated carbocycles. The first-order chi connectivity index (χ1) is 15.2. The van der Waals surface area contributed by atoms with E-state index in [-0.39, 0.29) is 13.2 Å². The van der Waals surface area contributed by atoms with Crippen LogP contribution in [-0.4, -0.2) is 17.6 Å². The van der Waals surface area contributed by atoms with Crippen molar-refractivity contribution in [1.29, 1.82) is 0 Å². The monoisotopic (exact) mass is 417 g/mol. The minimum absolute atomic E-state index is 0.120. The number of ether oxygens (including phenoxy) is 3. The van der Waals surface area contributed by atoms with Crippen LogP contribution in [0.1, 0.15) is 11.3 Å². The molecule has 7 nitrogen and oxygen atoms in total. The predicted molar refractivity (Wildman–Crippen MR) is 113 cm³/mol. The van der Waals surface area contributed by atoms with Gasteiger partial charge in [0, 0.05) is 23.7 Å². The van der Waals surface area contributed by atoms with Gasteiger partial charge in [0.1, 0.15) is 30.3 Å². The number of rotatable bonds is 8. The molecule has 4 aromatic rings. The van der Waals surface area contributed by atoms with E-state index in [1.165, 1.54) is 6.07 Å². The Kier molecular flexibility index (Phi) is 6.23. The van der Waals surface area contributed by atoms with E-state index in [4.69, 9.17) is 18.6 Å². The number of pyridine rings is 1. The van der Waals surface area contributed by atoms with Gasteiger partial charge in [-0.05, 0) is 48.0 Å². The molecule has 0 aliphatic heterocycles. The topological polar surface area (TPSA) is 87.9 Å². The maximum atomic E-state index is 12.0. The molecule has 2 aromatic heterocycles. The number of benzene rings is 2. The summed E-state index contributed by atoms with van der Waals surface area (Å²) in [4.78, 5) is 27.5. The molecule has 156 valence electrons. The van der Waals surface area contributed by atoms with E-state index in [1.54, 1.807) is 30.5 Å². The van der Waals surface area contributed by atoms with Crippen molar-refractivity contribution in [2.45, 2.75) is 13.2 Å². The van der Waals surface area contributed by atoms with Crippen molar-refractivity contribution >= 4 is 16.9 Å². The van der Waals surface area contributed by atoms with E-state index in [2.05, 4.69) is 4.98 Å². The van der Waals surface area contributed by atoms with Crippen molar-refractivity contribution in [3.63, 3.8) is 0 Å². The lowest BCUT2D eigenvalue weighted by molar-refractivity contribution is -0.147. The summed E-state index contributed by atoms with van der Waals surface area (Å²) in [6.07, 6.45) is 1.72. The van der Waals surface area contributed by atoms with Gasteiger partial charge >= 0.3 is 11.6 Å². The standard InChI is InChI=1S/C24H19NO6/c26-23-11-7-18-6-10-21(13-22(18)31-23)29-16-24(27)30-14-17-4-8-20(9-5-17)28-15-19-3-1-2-12-25-19/h1-13H,14-16H2. The largest absolute Gasteiger partial charge is 0.487 e. The van der Waals surface area contributed by atoms with Crippen LogP contribution in [0, 0.1) is 0 Å². The molecule has 0 N–H and O–H groups in total. The van der Waals surface area contributed by atoms with Gasteiger partial charge < -0.3 is 18.6 Å². The molecule has 0 radical (unpaired) electrons. The first-order valence-electron chi connectivity index (χ1n) is 9.60. The van der Waals surface area contributed by atoms with Gasteiger partial charge in [0.2, 0.25) is 0 Å². The fraction of sp³-hybridized carbons (Fsp3) is 0.125. The highest BCUT2D eigenvalue weighted by molar-refractivity contribution is 5.78. The zero-order valence-electron chi connectivity index (χ0n) is 16.5. The summed E-state index contributed by atoms with van der Waals surface area (Å²) in [6, 6.07) is 20.9. The quantitative estimate of drug-likeness (QED) is 0.317. The molecule has 2 heterocycles. The third-order valence-corrected chi connectivity index (χ3v) is 4.39. The Hall–Kier alpha value is -4.13. The Bertz CT molecular complexity index is 1220. The van der Waals surface area contributed by atoms with Gasteiger partial charge in [0.15, 0.2) is 6.61 Å². The lowest BCUT2D eigenvalue weighted by Crippen LogP contribution is -2.14. The van der Waals surface area contributed by atoms with E-state index in [9.17, 15) is 9.59 Å². The molecule has 0 unspecified atom stereocenters. The lowest BCUT2D eigenvalue weighted by Gasteiger charge is -2.09. The normalized spacial score (nSPS) is 10.6. The summed E-state index contributed by atoms with van der Waals surface area (Å²) in [6.45, 7) is 0.244. The molecule has 0 amide bonds. The highest BCUT2D eigenvalue weighted by atomic mass is 16.6. The fourth-order valence-corrected chi connectivity index (χ4v) is 2.80.